The van der Waals surface area contributed by atoms with Crippen LogP contribution in [-0.2, 0) is 27.9 Å². The predicted molar refractivity (Wildman–Crippen MR) is 159 cm³/mol. The van der Waals surface area contributed by atoms with Crippen LogP contribution in [0.3, 0.4) is 0 Å². The van der Waals surface area contributed by atoms with Gasteiger partial charge in [-0.25, -0.2) is 8.78 Å². The molecule has 0 atom stereocenters. The number of halogens is 2. The number of hydrogen-bond donors (Lipinski definition) is 3. The maximum absolute atomic E-state index is 14.0. The first-order valence-electron chi connectivity index (χ1n) is 13.2. The van der Waals surface area contributed by atoms with Gasteiger partial charge in [-0.15, -0.1) is 0 Å². The molecule has 4 rings (SSSR count). The van der Waals surface area contributed by atoms with Gasteiger partial charge in [0.1, 0.15) is 17.4 Å². The molecule has 1 aliphatic heterocycles. The van der Waals surface area contributed by atoms with E-state index in [1.807, 2.05) is 17.0 Å². The van der Waals surface area contributed by atoms with Crippen LogP contribution >= 0.6 is 0 Å². The number of fused-ring (bicyclic) bond motifs is 1. The van der Waals surface area contributed by atoms with Crippen LogP contribution in [0.1, 0.15) is 24.0 Å². The van der Waals surface area contributed by atoms with Crippen LogP contribution in [0.2, 0.25) is 0 Å². The molecule has 12 heteroatoms. The molecule has 226 valence electrons. The summed E-state index contributed by atoms with van der Waals surface area (Å²) in [4.78, 5) is 12.8. The molecule has 9 nitrogen and oxygen atoms in total. The summed E-state index contributed by atoms with van der Waals surface area (Å²) in [7, 11) is -4.03. The monoisotopic (exact) mass is 612 g/mol. The molecule has 0 amide bonds. The van der Waals surface area contributed by atoms with E-state index >= 15 is 0 Å². The van der Waals surface area contributed by atoms with Gasteiger partial charge in [-0.1, -0.05) is 36.9 Å². The lowest BCUT2D eigenvalue weighted by atomic mass is 10.1. The summed E-state index contributed by atoms with van der Waals surface area (Å²) in [5.41, 5.74) is 2.67. The number of anilines is 2. The molecule has 0 aromatic heterocycles. The molecule has 0 saturated carbocycles. The molecular weight excluding hydrogens is 582 g/mol. The molecule has 3 aromatic carbocycles. The van der Waals surface area contributed by atoms with Crippen LogP contribution in [0.4, 0.5) is 20.2 Å². The maximum Gasteiger partial charge on any atom is 0.307 e. The van der Waals surface area contributed by atoms with E-state index in [2.05, 4.69) is 11.9 Å². The molecule has 0 spiro atoms. The van der Waals surface area contributed by atoms with Gasteiger partial charge in [0.25, 0.3) is 10.1 Å². The third-order valence-corrected chi connectivity index (χ3v) is 7.07. The smallest absolute Gasteiger partial charge is 0.307 e. The van der Waals surface area contributed by atoms with Gasteiger partial charge < -0.3 is 24.8 Å². The second-order valence-corrected chi connectivity index (χ2v) is 11.3. The topological polar surface area (TPSA) is 125 Å². The van der Waals surface area contributed by atoms with E-state index in [9.17, 15) is 22.0 Å². The maximum atomic E-state index is 14.0. The molecule has 0 radical (unpaired) electrons. The van der Waals surface area contributed by atoms with Gasteiger partial charge in [0.05, 0.1) is 30.1 Å². The zero-order valence-electron chi connectivity index (χ0n) is 23.0. The van der Waals surface area contributed by atoms with Gasteiger partial charge >= 0.3 is 5.97 Å². The van der Waals surface area contributed by atoms with Crippen LogP contribution in [0.25, 0.3) is 0 Å². The van der Waals surface area contributed by atoms with Gasteiger partial charge in [-0.2, -0.15) is 8.42 Å². The number of rotatable bonds is 14. The van der Waals surface area contributed by atoms with E-state index in [0.717, 1.165) is 5.56 Å². The molecule has 3 N–H and O–H groups in total. The van der Waals surface area contributed by atoms with Crippen molar-refractivity contribution in [2.24, 2.45) is 0 Å². The Bertz CT molecular complexity index is 1660. The Morgan fingerprint density at radius 1 is 1.02 bits per heavy atom. The lowest BCUT2D eigenvalue weighted by Crippen LogP contribution is -2.19. The molecule has 1 aliphatic rings. The summed E-state index contributed by atoms with van der Waals surface area (Å²) in [6, 6.07) is 15.3. The number of nitrogens with zero attached hydrogens (tertiary/aromatic N) is 1. The average Bonchev–Trinajstić information content (AvgIpc) is 3.25. The summed E-state index contributed by atoms with van der Waals surface area (Å²) < 4.78 is 70.1. The molecule has 0 bridgehead atoms. The number of hydrogen-bond acceptors (Lipinski definition) is 7. The Hall–Kier alpha value is -4.68. The van der Waals surface area contributed by atoms with Crippen molar-refractivity contribution in [3.05, 3.63) is 120 Å². The van der Waals surface area contributed by atoms with Gasteiger partial charge in [-0.3, -0.25) is 9.35 Å². The highest BCUT2D eigenvalue weighted by Crippen LogP contribution is 2.40. The lowest BCUT2D eigenvalue weighted by molar-refractivity contribution is -0.136. The third-order valence-electron chi connectivity index (χ3n) is 6.26. The highest BCUT2D eigenvalue weighted by Gasteiger charge is 2.26. The Morgan fingerprint density at radius 3 is 2.44 bits per heavy atom. The van der Waals surface area contributed by atoms with Crippen molar-refractivity contribution in [2.75, 3.05) is 22.5 Å². The fourth-order valence-electron chi connectivity index (χ4n) is 4.26. The van der Waals surface area contributed by atoms with Gasteiger partial charge in [-0.05, 0) is 60.4 Å². The lowest BCUT2D eigenvalue weighted by Gasteiger charge is -2.18. The van der Waals surface area contributed by atoms with Crippen LogP contribution < -0.4 is 19.7 Å². The number of nitrogens with one attached hydrogen (secondary N) is 1. The summed E-state index contributed by atoms with van der Waals surface area (Å²) in [5.74, 6) is -1.16. The molecule has 0 unspecified atom stereocenters. The van der Waals surface area contributed by atoms with E-state index in [4.69, 9.17) is 19.1 Å². The third kappa shape index (κ3) is 9.42. The first kappa shape index (κ1) is 31.3. The van der Waals surface area contributed by atoms with Crippen LogP contribution in [0, 0.1) is 11.6 Å². The zero-order valence-corrected chi connectivity index (χ0v) is 23.8. The Kier molecular flexibility index (Phi) is 10.2. The van der Waals surface area contributed by atoms with E-state index in [-0.39, 0.29) is 30.1 Å². The summed E-state index contributed by atoms with van der Waals surface area (Å²) in [5, 5.41) is 12.1. The van der Waals surface area contributed by atoms with Crippen LogP contribution in [0.5, 0.6) is 11.5 Å². The van der Waals surface area contributed by atoms with E-state index in [0.29, 0.717) is 48.1 Å². The van der Waals surface area contributed by atoms with Crippen molar-refractivity contribution in [1.29, 1.82) is 0 Å². The minimum atomic E-state index is -4.03. The van der Waals surface area contributed by atoms with Crippen molar-refractivity contribution in [2.45, 2.75) is 25.8 Å². The van der Waals surface area contributed by atoms with Gasteiger partial charge in [0, 0.05) is 18.7 Å². The number of ether oxygens (including phenoxy) is 2. The zero-order chi connectivity index (χ0) is 31.0. The van der Waals surface area contributed by atoms with Crippen molar-refractivity contribution >= 4 is 27.5 Å². The molecule has 0 fully saturated rings. The predicted octanol–water partition coefficient (Wildman–Crippen LogP) is 6.06. The normalized spacial score (nSPS) is 13.7. The summed E-state index contributed by atoms with van der Waals surface area (Å²) >= 11 is 0. The fraction of sp³-hybridized carbons (Fsp3) is 0.194. The molecule has 0 saturated heterocycles. The first-order chi connectivity index (χ1) is 20.5. The SMILES string of the molecule is C=C(C=CC=C1Oc2cc(F)ccc2N1Cc1ccc(CC(=O)O)cc1)Oc1cc(F)ccc1NCCCCS(=O)(=O)O. The van der Waals surface area contributed by atoms with Crippen LogP contribution in [0.15, 0.2) is 97.1 Å². The Morgan fingerprint density at radius 2 is 1.72 bits per heavy atom. The first-order valence-corrected chi connectivity index (χ1v) is 14.9. The van der Waals surface area contributed by atoms with Crippen LogP contribution in [-0.4, -0.2) is 36.3 Å². The van der Waals surface area contributed by atoms with Crippen molar-refractivity contribution in [1.82, 2.24) is 0 Å². The quantitative estimate of drug-likeness (QED) is 0.0862. The number of aliphatic carboxylic acids is 1. The van der Waals surface area contributed by atoms with Crippen molar-refractivity contribution < 1.29 is 41.1 Å². The minimum Gasteiger partial charge on any atom is -0.481 e. The van der Waals surface area contributed by atoms with E-state index < -0.39 is 27.7 Å². The van der Waals surface area contributed by atoms with Crippen molar-refractivity contribution in [3.63, 3.8) is 0 Å². The van der Waals surface area contributed by atoms with E-state index in [1.165, 1.54) is 30.3 Å². The van der Waals surface area contributed by atoms with Gasteiger partial charge in [0.15, 0.2) is 11.5 Å². The number of carbonyl (C=O) groups is 1. The highest BCUT2D eigenvalue weighted by molar-refractivity contribution is 7.85. The molecule has 1 heterocycles. The number of unbranched alkanes of at least 4 members (excludes halogenated alkanes) is 1. The number of carboxylic acid groups (broad SMARTS) is 1. The molecule has 0 aliphatic carbocycles. The Balaban J connectivity index is 1.44. The average molecular weight is 613 g/mol. The minimum absolute atomic E-state index is 0.0820. The number of carboxylic acids is 1. The number of allylic oxidation sites excluding steroid dienone is 3. The molecule has 43 heavy (non-hydrogen) atoms. The van der Waals surface area contributed by atoms with Gasteiger partial charge in [0.2, 0.25) is 5.88 Å². The largest absolute Gasteiger partial charge is 0.481 e. The van der Waals surface area contributed by atoms with Crippen molar-refractivity contribution in [3.8, 4) is 11.5 Å². The van der Waals surface area contributed by atoms with E-state index in [1.54, 1.807) is 36.4 Å². The second kappa shape index (κ2) is 14.0. The fourth-order valence-corrected chi connectivity index (χ4v) is 4.83. The standard InChI is InChI=1S/C31H30F2N2O7S/c1-21(41-28-18-24(32)11-13-26(28)34-15-2-3-16-43(38,39)40)5-4-6-30-35(27-14-12-25(33)19-29(27)42-30)20-23-9-7-22(8-10-23)17-31(36)37/h4-14,18-19,34H,1-3,15-17,20H2,(H,36,37)(H,38,39,40). The summed E-state index contributed by atoms with van der Waals surface area (Å²) in [6.07, 6.45) is 5.41. The molecular formula is C31H30F2N2O7S. The second-order valence-electron chi connectivity index (χ2n) is 9.68. The molecule has 3 aromatic rings. The highest BCUT2D eigenvalue weighted by atomic mass is 32.2. The number of benzene rings is 3. The summed E-state index contributed by atoms with van der Waals surface area (Å²) in [6.45, 7) is 4.59. The Labute approximate surface area is 248 Å².